The summed E-state index contributed by atoms with van der Waals surface area (Å²) in [5.74, 6) is -2.31. The first-order chi connectivity index (χ1) is 21.8. The molecule has 2 aliphatic heterocycles. The molecule has 4 heterocycles. The second kappa shape index (κ2) is 13.2. The minimum Gasteiger partial charge on any atom is -0.464 e. The van der Waals surface area contributed by atoms with Crippen LogP contribution in [0.2, 0.25) is 0 Å². The number of benzene rings is 1. The summed E-state index contributed by atoms with van der Waals surface area (Å²) in [5.41, 5.74) is 3.80. The number of hydrogen-bond donors (Lipinski definition) is 2. The quantitative estimate of drug-likeness (QED) is 0.196. The zero-order valence-electron chi connectivity index (χ0n) is 26.2. The van der Waals surface area contributed by atoms with Gasteiger partial charge in [0, 0.05) is 6.07 Å². The molecule has 0 radical (unpaired) electrons. The van der Waals surface area contributed by atoms with E-state index in [1.807, 2.05) is 13.8 Å². The van der Waals surface area contributed by atoms with Gasteiger partial charge in [0.25, 0.3) is 0 Å². The summed E-state index contributed by atoms with van der Waals surface area (Å²) in [6.07, 6.45) is -0.296. The summed E-state index contributed by atoms with van der Waals surface area (Å²) in [7, 11) is -4.31. The zero-order chi connectivity index (χ0) is 33.3. The van der Waals surface area contributed by atoms with Crippen molar-refractivity contribution in [3.05, 3.63) is 54.2 Å². The third kappa shape index (κ3) is 6.60. The molecule has 2 saturated heterocycles. The smallest absolute Gasteiger partial charge is 0.459 e. The molecule has 0 amide bonds. The van der Waals surface area contributed by atoms with E-state index < -0.39 is 61.9 Å². The highest BCUT2D eigenvalue weighted by atomic mass is 31.2. The number of nitrogens with one attached hydrogen (secondary N) is 1. The van der Waals surface area contributed by atoms with Crippen molar-refractivity contribution in [2.75, 3.05) is 18.9 Å². The Hall–Kier alpha value is -3.64. The number of nitriles is 1. The first-order valence-electron chi connectivity index (χ1n) is 15.0. The van der Waals surface area contributed by atoms with Crippen molar-refractivity contribution in [2.45, 2.75) is 83.2 Å². The predicted octanol–water partition coefficient (Wildman–Crippen LogP) is 4.25. The van der Waals surface area contributed by atoms with E-state index in [9.17, 15) is 14.6 Å². The molecule has 0 aliphatic carbocycles. The van der Waals surface area contributed by atoms with Crippen LogP contribution in [0.3, 0.4) is 0 Å². The van der Waals surface area contributed by atoms with E-state index in [0.717, 1.165) is 29.8 Å². The van der Waals surface area contributed by atoms with Crippen LogP contribution in [0.5, 0.6) is 5.75 Å². The molecule has 248 valence electrons. The molecule has 0 unspecified atom stereocenters. The van der Waals surface area contributed by atoms with Crippen LogP contribution in [0.25, 0.3) is 5.52 Å². The Balaban J connectivity index is 1.42. The van der Waals surface area contributed by atoms with Gasteiger partial charge in [0.1, 0.15) is 48.0 Å². The lowest BCUT2D eigenvalue weighted by atomic mass is 9.92. The average Bonchev–Trinajstić information content (AvgIpc) is 3.64. The Labute approximate surface area is 265 Å². The number of carbonyl (C=O) groups excluding carboxylic acids is 1. The number of anilines is 1. The second-order valence-electron chi connectivity index (χ2n) is 11.7. The van der Waals surface area contributed by atoms with Gasteiger partial charge in [0.15, 0.2) is 17.4 Å². The minimum atomic E-state index is -4.31. The van der Waals surface area contributed by atoms with Crippen LogP contribution in [0.4, 0.5) is 10.2 Å². The van der Waals surface area contributed by atoms with E-state index in [4.69, 9.17) is 33.7 Å². The van der Waals surface area contributed by atoms with Gasteiger partial charge in [0.2, 0.25) is 5.60 Å². The molecule has 14 nitrogen and oxygen atoms in total. The summed E-state index contributed by atoms with van der Waals surface area (Å²) >= 11 is 0. The minimum absolute atomic E-state index is 0.00827. The second-order valence-corrected chi connectivity index (χ2v) is 13.4. The number of hydrogen-bond acceptors (Lipinski definition) is 12. The van der Waals surface area contributed by atoms with E-state index in [-0.39, 0.29) is 35.3 Å². The highest BCUT2D eigenvalue weighted by molar-refractivity contribution is 7.52. The molecule has 16 heteroatoms. The maximum atomic E-state index is 15.1. The maximum Gasteiger partial charge on any atom is 0.459 e. The molecule has 3 N–H and O–H groups in total. The van der Waals surface area contributed by atoms with Crippen LogP contribution < -0.4 is 15.3 Å². The number of esters is 1. The molecule has 2 fully saturated rings. The Kier molecular flexibility index (Phi) is 9.70. The third-order valence-corrected chi connectivity index (χ3v) is 9.66. The molecular weight excluding hydrogens is 622 g/mol. The van der Waals surface area contributed by atoms with Crippen molar-refractivity contribution in [2.24, 2.45) is 5.92 Å². The van der Waals surface area contributed by atoms with Gasteiger partial charge in [-0.1, -0.05) is 44.9 Å². The fourth-order valence-corrected chi connectivity index (χ4v) is 7.04. The van der Waals surface area contributed by atoms with Crippen LogP contribution >= 0.6 is 7.75 Å². The Morgan fingerprint density at radius 3 is 2.63 bits per heavy atom. The number of rotatable bonds is 13. The number of nitrogens with zero attached hydrogens (tertiary/aromatic N) is 4. The van der Waals surface area contributed by atoms with Crippen molar-refractivity contribution < 1.29 is 41.7 Å². The molecule has 3 aromatic rings. The van der Waals surface area contributed by atoms with Crippen molar-refractivity contribution >= 4 is 25.1 Å². The molecule has 1 aromatic carbocycles. The number of aromatic nitrogens is 3. The standard InChI is InChI=1S/C30H38FN6O8P/c1-6-19(7-2)14-40-28(38)18(3)36-46(39,45-20-11-9-8-10-12-20)41-15-22-25-26(44-29(4,5)43-25)30(16-32,42-22)23-13-21(31)24-27(33)34-17-35-37(23)24/h8-13,17-19,22,25-26H,6-7,14-15H2,1-5H3,(H,36,39)(H2,33,34,35)/t18-,22+,25+,26+,30-,46-/m0/s1. The van der Waals surface area contributed by atoms with Crippen LogP contribution in [0.15, 0.2) is 42.7 Å². The van der Waals surface area contributed by atoms with Crippen LogP contribution in [-0.4, -0.2) is 63.9 Å². The van der Waals surface area contributed by atoms with E-state index in [1.165, 1.54) is 6.92 Å². The highest BCUT2D eigenvalue weighted by Crippen LogP contribution is 2.51. The zero-order valence-corrected chi connectivity index (χ0v) is 27.1. The van der Waals surface area contributed by atoms with Crippen molar-refractivity contribution in [3.8, 4) is 11.8 Å². The topological polar surface area (TPSA) is 182 Å². The maximum absolute atomic E-state index is 15.1. The molecule has 0 saturated carbocycles. The van der Waals surface area contributed by atoms with Gasteiger partial charge in [0.05, 0.1) is 18.9 Å². The van der Waals surface area contributed by atoms with E-state index >= 15 is 4.39 Å². The van der Waals surface area contributed by atoms with Crippen molar-refractivity contribution in [1.29, 1.82) is 5.26 Å². The summed E-state index contributed by atoms with van der Waals surface area (Å²) in [4.78, 5) is 16.7. The number of fused-ring (bicyclic) bond motifs is 2. The molecule has 6 atom stereocenters. The molecule has 46 heavy (non-hydrogen) atoms. The monoisotopic (exact) mass is 660 g/mol. The van der Waals surface area contributed by atoms with Gasteiger partial charge in [-0.3, -0.25) is 9.32 Å². The molecule has 0 bridgehead atoms. The summed E-state index contributed by atoms with van der Waals surface area (Å²) in [6, 6.07) is 10.4. The van der Waals surface area contributed by atoms with Crippen LogP contribution in [-0.2, 0) is 38.4 Å². The Morgan fingerprint density at radius 2 is 1.96 bits per heavy atom. The fraction of sp³-hybridized carbons (Fsp3) is 0.533. The van der Waals surface area contributed by atoms with Gasteiger partial charge in [-0.25, -0.2) is 18.5 Å². The van der Waals surface area contributed by atoms with E-state index in [1.54, 1.807) is 44.2 Å². The Morgan fingerprint density at radius 1 is 1.24 bits per heavy atom. The average molecular weight is 661 g/mol. The number of halogens is 1. The predicted molar refractivity (Wildman–Crippen MR) is 162 cm³/mol. The Bertz CT molecular complexity index is 1650. The molecule has 2 aromatic heterocycles. The van der Waals surface area contributed by atoms with E-state index in [2.05, 4.69) is 21.2 Å². The van der Waals surface area contributed by atoms with Crippen LogP contribution in [0, 0.1) is 23.1 Å². The number of nitrogens with two attached hydrogens (primary N) is 1. The van der Waals surface area contributed by atoms with Crippen molar-refractivity contribution in [1.82, 2.24) is 19.7 Å². The normalized spacial score (nSPS) is 25.6. The largest absolute Gasteiger partial charge is 0.464 e. The van der Waals surface area contributed by atoms with Gasteiger partial charge in [-0.05, 0) is 38.8 Å². The number of ether oxygens (including phenoxy) is 4. The lowest BCUT2D eigenvalue weighted by Gasteiger charge is -2.29. The summed E-state index contributed by atoms with van der Waals surface area (Å²) < 4.78 is 66.1. The molecular formula is C30H38FN6O8P. The van der Waals surface area contributed by atoms with Gasteiger partial charge in [-0.15, -0.1) is 0 Å². The number of nitrogen functional groups attached to an aromatic ring is 1. The summed E-state index contributed by atoms with van der Waals surface area (Å²) in [5, 5.41) is 17.3. The summed E-state index contributed by atoms with van der Waals surface area (Å²) in [6.45, 7) is 8.59. The molecule has 5 rings (SSSR count). The van der Waals surface area contributed by atoms with Gasteiger partial charge in [-0.2, -0.15) is 15.4 Å². The fourth-order valence-electron chi connectivity index (χ4n) is 5.54. The van der Waals surface area contributed by atoms with Gasteiger partial charge >= 0.3 is 13.7 Å². The first-order valence-corrected chi connectivity index (χ1v) is 16.6. The van der Waals surface area contributed by atoms with Gasteiger partial charge < -0.3 is 29.2 Å². The lowest BCUT2D eigenvalue weighted by molar-refractivity contribution is -0.204. The SMILES string of the molecule is CCC(CC)COC(=O)[C@H](C)N[P@](=O)(OC[C@H]1O[C@@](C#N)(c2cc(F)c3c(N)ncnn23)[C@@H]2OC(C)(C)O[C@@H]21)Oc1ccccc1. The van der Waals surface area contributed by atoms with Crippen LogP contribution in [0.1, 0.15) is 53.2 Å². The molecule has 2 aliphatic rings. The third-order valence-electron chi connectivity index (χ3n) is 8.02. The number of carbonyl (C=O) groups is 1. The lowest BCUT2D eigenvalue weighted by Crippen LogP contribution is -2.40. The molecule has 0 spiro atoms. The number of para-hydroxylation sites is 1. The first kappa shape index (κ1) is 33.7. The van der Waals surface area contributed by atoms with E-state index in [0.29, 0.717) is 0 Å². The highest BCUT2D eigenvalue weighted by Gasteiger charge is 2.65. The van der Waals surface area contributed by atoms with Crippen molar-refractivity contribution in [3.63, 3.8) is 0 Å².